The Morgan fingerprint density at radius 3 is 2.62 bits per heavy atom. The maximum absolute atomic E-state index is 10.1. The van der Waals surface area contributed by atoms with Gasteiger partial charge in [0.25, 0.3) is 11.3 Å². The van der Waals surface area contributed by atoms with Crippen LogP contribution in [-0.2, 0) is 11.3 Å². The molecule has 13 heavy (non-hydrogen) atoms. The molecule has 3 nitrogen and oxygen atoms in total. The van der Waals surface area contributed by atoms with E-state index >= 15 is 0 Å². The van der Waals surface area contributed by atoms with Crippen LogP contribution in [0, 0.1) is 0 Å². The molecular weight excluding hydrogens is 186 g/mol. The van der Waals surface area contributed by atoms with Gasteiger partial charge in [0.05, 0.1) is 0 Å². The predicted octanol–water partition coefficient (Wildman–Crippen LogP) is 1.91. The van der Waals surface area contributed by atoms with Gasteiger partial charge in [0.15, 0.2) is 0 Å². The summed E-state index contributed by atoms with van der Waals surface area (Å²) in [5, 5.41) is 0. The first-order chi connectivity index (χ1) is 6.29. The minimum atomic E-state index is -2.11. The van der Waals surface area contributed by atoms with Gasteiger partial charge >= 0.3 is 0 Å². The Kier molecular flexibility index (Phi) is 4.08. The second-order valence-electron chi connectivity index (χ2n) is 2.26. The van der Waals surface area contributed by atoms with Gasteiger partial charge in [0, 0.05) is 6.21 Å². The Balaban J connectivity index is 2.55. The Bertz CT molecular complexity index is 333. The predicted molar refractivity (Wildman–Crippen MR) is 54.7 cm³/mol. The molecule has 1 aromatic carbocycles. The van der Waals surface area contributed by atoms with E-state index in [-0.39, 0.29) is 0 Å². The van der Waals surface area contributed by atoms with Crippen molar-refractivity contribution in [3.63, 3.8) is 0 Å². The number of allylic oxidation sites excluding steroid dienone is 1. The topological polar surface area (TPSA) is 49.7 Å². The lowest BCUT2D eigenvalue weighted by molar-refractivity contribution is 0.566. The summed E-state index contributed by atoms with van der Waals surface area (Å²) < 4.78 is 21.6. The van der Waals surface area contributed by atoms with Gasteiger partial charge in [-0.1, -0.05) is 36.4 Å². The van der Waals surface area contributed by atoms with Gasteiger partial charge in [-0.25, -0.2) is 4.21 Å². The van der Waals surface area contributed by atoms with Crippen LogP contribution in [0.2, 0.25) is 0 Å². The van der Waals surface area contributed by atoms with Crippen molar-refractivity contribution in [3.05, 3.63) is 42.0 Å². The molecule has 4 heteroatoms. The molecule has 0 radical (unpaired) electrons. The third kappa shape index (κ3) is 4.35. The number of rotatable bonds is 3. The molecule has 1 aromatic rings. The minimum absolute atomic E-state index is 1.03. The van der Waals surface area contributed by atoms with E-state index in [1.165, 1.54) is 6.21 Å². The highest BCUT2D eigenvalue weighted by atomic mass is 32.2. The van der Waals surface area contributed by atoms with Crippen LogP contribution in [0.15, 0.2) is 40.8 Å². The van der Waals surface area contributed by atoms with Crippen molar-refractivity contribution in [1.82, 2.24) is 0 Å². The van der Waals surface area contributed by atoms with E-state index in [2.05, 4.69) is 4.40 Å². The Morgan fingerprint density at radius 1 is 1.31 bits per heavy atom. The molecule has 0 spiro atoms. The second-order valence-corrected chi connectivity index (χ2v) is 2.93. The van der Waals surface area contributed by atoms with Gasteiger partial charge in [-0.05, 0) is 11.6 Å². The van der Waals surface area contributed by atoms with Crippen LogP contribution in [0.5, 0.6) is 0 Å². The molecule has 1 N–H and O–H groups in total. The van der Waals surface area contributed by atoms with Crippen LogP contribution in [-0.4, -0.2) is 15.0 Å². The first kappa shape index (κ1) is 9.83. The number of hydrogen-bond acceptors (Lipinski definition) is 1. The third-order valence-corrected chi connectivity index (χ3v) is 1.63. The van der Waals surface area contributed by atoms with E-state index in [0.717, 1.165) is 5.56 Å². The van der Waals surface area contributed by atoms with Crippen molar-refractivity contribution >= 4 is 23.6 Å². The summed E-state index contributed by atoms with van der Waals surface area (Å²) in [5.74, 6) is 0. The monoisotopic (exact) mass is 195 g/mol. The Labute approximate surface area is 79.2 Å². The lowest BCUT2D eigenvalue weighted by Crippen LogP contribution is -1.77. The van der Waals surface area contributed by atoms with Crippen LogP contribution in [0.1, 0.15) is 5.56 Å². The fraction of sp³-hybridized carbons (Fsp3) is 0. The number of benzene rings is 1. The summed E-state index contributed by atoms with van der Waals surface area (Å²) in [4.78, 5) is 0. The highest BCUT2D eigenvalue weighted by Crippen LogP contribution is 1.99. The zero-order valence-corrected chi connectivity index (χ0v) is 7.65. The molecule has 0 fully saturated rings. The van der Waals surface area contributed by atoms with Gasteiger partial charge in [-0.2, -0.15) is 4.40 Å². The largest absolute Gasteiger partial charge is 0.288 e. The summed E-state index contributed by atoms with van der Waals surface area (Å²) >= 11 is -2.11. The summed E-state index contributed by atoms with van der Waals surface area (Å²) in [6, 6.07) is 9.62. The Hall–Kier alpha value is -1.26. The maximum Gasteiger partial charge on any atom is 0.281 e. The molecule has 0 saturated carbocycles. The van der Waals surface area contributed by atoms with Gasteiger partial charge in [0.2, 0.25) is 0 Å². The quantitative estimate of drug-likeness (QED) is 0.591. The first-order valence-corrected chi connectivity index (χ1v) is 4.72. The third-order valence-electron chi connectivity index (χ3n) is 1.33. The smallest absolute Gasteiger partial charge is 0.281 e. The van der Waals surface area contributed by atoms with Crippen LogP contribution < -0.4 is 0 Å². The molecule has 1 atom stereocenters. The molecule has 0 aliphatic carbocycles. The van der Waals surface area contributed by atoms with Crippen molar-refractivity contribution < 1.29 is 8.76 Å². The van der Waals surface area contributed by atoms with Crippen LogP contribution >= 0.6 is 0 Å². The van der Waals surface area contributed by atoms with Gasteiger partial charge in [-0.3, -0.25) is 4.55 Å². The second kappa shape index (κ2) is 5.40. The van der Waals surface area contributed by atoms with E-state index in [0.29, 0.717) is 0 Å². The van der Waals surface area contributed by atoms with Crippen LogP contribution in [0.3, 0.4) is 0 Å². The summed E-state index contributed by atoms with van der Waals surface area (Å²) in [6.07, 6.45) is 4.71. The van der Waals surface area contributed by atoms with Crippen molar-refractivity contribution in [2.24, 2.45) is 4.40 Å². The van der Waals surface area contributed by atoms with Crippen LogP contribution in [0.4, 0.5) is 0 Å². The zero-order chi connectivity index (χ0) is 9.52. The van der Waals surface area contributed by atoms with Crippen LogP contribution in [0.25, 0.3) is 6.08 Å². The average Bonchev–Trinajstić information content (AvgIpc) is 2.14. The zero-order valence-electron chi connectivity index (χ0n) is 6.83. The van der Waals surface area contributed by atoms with E-state index in [9.17, 15) is 4.21 Å². The van der Waals surface area contributed by atoms with Crippen molar-refractivity contribution in [1.29, 1.82) is 0 Å². The molecule has 0 aliphatic heterocycles. The fourth-order valence-corrected chi connectivity index (χ4v) is 0.980. The molecule has 1 rings (SSSR count). The molecule has 0 amide bonds. The Morgan fingerprint density at radius 2 is 2.00 bits per heavy atom. The normalized spacial score (nSPS) is 13.9. The van der Waals surface area contributed by atoms with E-state index in [1.54, 1.807) is 12.2 Å². The SMILES string of the molecule is O=S(O)N=CC=Cc1ccccc1. The summed E-state index contributed by atoms with van der Waals surface area (Å²) in [5.41, 5.74) is 1.03. The van der Waals surface area contributed by atoms with Gasteiger partial charge < -0.3 is 0 Å². The first-order valence-electron chi connectivity index (χ1n) is 3.66. The van der Waals surface area contributed by atoms with Crippen molar-refractivity contribution in [3.8, 4) is 0 Å². The summed E-state index contributed by atoms with van der Waals surface area (Å²) in [7, 11) is 0. The van der Waals surface area contributed by atoms with E-state index < -0.39 is 11.3 Å². The molecular formula is C9H9NO2S. The minimum Gasteiger partial charge on any atom is -0.288 e. The molecule has 0 aromatic heterocycles. The van der Waals surface area contributed by atoms with Gasteiger partial charge in [0.1, 0.15) is 0 Å². The molecule has 68 valence electrons. The van der Waals surface area contributed by atoms with E-state index in [4.69, 9.17) is 4.55 Å². The highest BCUT2D eigenvalue weighted by Gasteiger charge is 1.81. The molecule has 1 unspecified atom stereocenters. The molecule has 0 heterocycles. The van der Waals surface area contributed by atoms with E-state index in [1.807, 2.05) is 30.3 Å². The number of nitrogens with zero attached hydrogens (tertiary/aromatic N) is 1. The molecule has 0 bridgehead atoms. The standard InChI is InChI=1S/C9H9NO2S/c11-13(12)10-8-4-7-9-5-2-1-3-6-9/h1-8H,(H,11,12). The molecule has 0 aliphatic rings. The lowest BCUT2D eigenvalue weighted by atomic mass is 10.2. The fourth-order valence-electron chi connectivity index (χ4n) is 0.805. The van der Waals surface area contributed by atoms with Crippen molar-refractivity contribution in [2.75, 3.05) is 0 Å². The van der Waals surface area contributed by atoms with Crippen molar-refractivity contribution in [2.45, 2.75) is 0 Å². The average molecular weight is 195 g/mol. The lowest BCUT2D eigenvalue weighted by Gasteiger charge is -1.87. The number of hydrogen-bond donors (Lipinski definition) is 1. The summed E-state index contributed by atoms with van der Waals surface area (Å²) in [6.45, 7) is 0. The highest BCUT2D eigenvalue weighted by molar-refractivity contribution is 7.77. The van der Waals surface area contributed by atoms with Gasteiger partial charge in [-0.15, -0.1) is 0 Å². The maximum atomic E-state index is 10.1. The molecule has 0 saturated heterocycles.